The van der Waals surface area contributed by atoms with E-state index in [0.717, 1.165) is 6.54 Å². The molecule has 1 fully saturated rings. The molecule has 0 aromatic heterocycles. The summed E-state index contributed by atoms with van der Waals surface area (Å²) in [6.07, 6.45) is 1.06. The number of sulfone groups is 1. The van der Waals surface area contributed by atoms with E-state index in [1.807, 2.05) is 0 Å². The molecule has 0 spiro atoms. The number of hydrogen-bond acceptors (Lipinski definition) is 5. The van der Waals surface area contributed by atoms with Gasteiger partial charge in [0.1, 0.15) is 0 Å². The first kappa shape index (κ1) is 15.8. The third-order valence-corrected chi connectivity index (χ3v) is 6.26. The van der Waals surface area contributed by atoms with E-state index in [-0.39, 0.29) is 11.5 Å². The van der Waals surface area contributed by atoms with E-state index in [1.165, 1.54) is 11.4 Å². The minimum absolute atomic E-state index is 0.0592. The summed E-state index contributed by atoms with van der Waals surface area (Å²) < 4.78 is 49.9. The zero-order valence-electron chi connectivity index (χ0n) is 10.7. The molecule has 0 aromatic rings. The second-order valence-corrected chi connectivity index (χ2v) is 8.54. The van der Waals surface area contributed by atoms with Gasteiger partial charge in [0.05, 0.1) is 11.5 Å². The predicted molar refractivity (Wildman–Crippen MR) is 70.3 cm³/mol. The van der Waals surface area contributed by atoms with Gasteiger partial charge in [0.25, 0.3) is 10.2 Å². The van der Waals surface area contributed by atoms with Crippen LogP contribution in [0.5, 0.6) is 0 Å². The first-order chi connectivity index (χ1) is 8.27. The number of nitrogens with zero attached hydrogens (tertiary/aromatic N) is 1. The summed E-state index contributed by atoms with van der Waals surface area (Å²) in [6.45, 7) is 1.13. The summed E-state index contributed by atoms with van der Waals surface area (Å²) in [4.78, 5) is 0. The van der Waals surface area contributed by atoms with E-state index in [9.17, 15) is 16.8 Å². The smallest absolute Gasteiger partial charge is 0.279 e. The summed E-state index contributed by atoms with van der Waals surface area (Å²) >= 11 is 0. The Morgan fingerprint density at radius 2 is 2.06 bits per heavy atom. The van der Waals surface area contributed by atoms with Crippen molar-refractivity contribution >= 4 is 20.0 Å². The Labute approximate surface area is 109 Å². The first-order valence-corrected chi connectivity index (χ1v) is 9.11. The van der Waals surface area contributed by atoms with E-state index < -0.39 is 26.1 Å². The maximum Gasteiger partial charge on any atom is 0.279 e. The van der Waals surface area contributed by atoms with E-state index in [1.54, 1.807) is 7.05 Å². The lowest BCUT2D eigenvalue weighted by atomic mass is 10.3. The fraction of sp³-hybridized carbons (Fsp3) is 1.00. The molecule has 0 saturated carbocycles. The molecule has 0 amide bonds. The molecule has 0 radical (unpaired) electrons. The molecule has 2 N–H and O–H groups in total. The minimum atomic E-state index is -3.58. The van der Waals surface area contributed by atoms with Crippen molar-refractivity contribution in [1.29, 1.82) is 0 Å². The van der Waals surface area contributed by atoms with E-state index in [4.69, 9.17) is 0 Å². The van der Waals surface area contributed by atoms with Gasteiger partial charge in [0.2, 0.25) is 0 Å². The van der Waals surface area contributed by atoms with Crippen LogP contribution in [0.2, 0.25) is 0 Å². The maximum atomic E-state index is 11.9. The molecule has 1 aliphatic heterocycles. The number of hydrogen-bond donors (Lipinski definition) is 2. The Morgan fingerprint density at radius 1 is 1.39 bits per heavy atom. The molecule has 1 rings (SSSR count). The van der Waals surface area contributed by atoms with Crippen LogP contribution in [-0.4, -0.2) is 65.9 Å². The second-order valence-electron chi connectivity index (χ2n) is 4.50. The van der Waals surface area contributed by atoms with Crippen LogP contribution in [0.25, 0.3) is 0 Å². The van der Waals surface area contributed by atoms with Crippen molar-refractivity contribution in [2.45, 2.75) is 18.9 Å². The van der Waals surface area contributed by atoms with Gasteiger partial charge in [-0.25, -0.2) is 8.42 Å². The average molecular weight is 299 g/mol. The molecule has 18 heavy (non-hydrogen) atoms. The molecule has 1 unspecified atom stereocenters. The Balaban J connectivity index is 2.49. The molecule has 1 aliphatic rings. The summed E-state index contributed by atoms with van der Waals surface area (Å²) in [5, 5.41) is 2.94. The second kappa shape index (κ2) is 6.29. The molecular weight excluding hydrogens is 278 g/mol. The monoisotopic (exact) mass is 299 g/mol. The number of rotatable bonds is 7. The fourth-order valence-corrected chi connectivity index (χ4v) is 4.74. The Hall–Kier alpha value is -0.220. The third kappa shape index (κ3) is 4.81. The van der Waals surface area contributed by atoms with Crippen LogP contribution < -0.4 is 10.0 Å². The Bertz CT molecular complexity index is 460. The molecular formula is C9H21N3O4S2. The van der Waals surface area contributed by atoms with Crippen LogP contribution in [-0.2, 0) is 20.0 Å². The molecule has 1 atom stereocenters. The molecule has 1 heterocycles. The van der Waals surface area contributed by atoms with Gasteiger partial charge in [-0.15, -0.1) is 0 Å². The standard InChI is InChI=1S/C9H21N3O4S2/c1-10-5-3-6-12(2)18(15,16)11-9-4-7-17(13,14)8-9/h9-11H,3-8H2,1-2H3. The molecule has 7 nitrogen and oxygen atoms in total. The van der Waals surface area contributed by atoms with Crippen molar-refractivity contribution in [3.8, 4) is 0 Å². The van der Waals surface area contributed by atoms with Crippen molar-refractivity contribution in [3.63, 3.8) is 0 Å². The molecule has 108 valence electrons. The van der Waals surface area contributed by atoms with Gasteiger partial charge < -0.3 is 5.32 Å². The first-order valence-electron chi connectivity index (χ1n) is 5.85. The SMILES string of the molecule is CNCCCN(C)S(=O)(=O)NC1CCS(=O)(=O)C1. The number of nitrogens with one attached hydrogen (secondary N) is 2. The maximum absolute atomic E-state index is 11.9. The summed E-state index contributed by atoms with van der Waals surface area (Å²) in [6, 6.07) is -0.494. The van der Waals surface area contributed by atoms with Crippen LogP contribution >= 0.6 is 0 Å². The molecule has 9 heteroatoms. The third-order valence-electron chi connectivity index (χ3n) is 2.86. The van der Waals surface area contributed by atoms with E-state index >= 15 is 0 Å². The van der Waals surface area contributed by atoms with Gasteiger partial charge in [-0.2, -0.15) is 17.4 Å². The summed E-state index contributed by atoms with van der Waals surface area (Å²) in [7, 11) is -3.36. The highest BCUT2D eigenvalue weighted by molar-refractivity contribution is 7.91. The predicted octanol–water partition coefficient (Wildman–Crippen LogP) is -1.45. The lowest BCUT2D eigenvalue weighted by Crippen LogP contribution is -2.44. The van der Waals surface area contributed by atoms with Crippen LogP contribution in [0.4, 0.5) is 0 Å². The average Bonchev–Trinajstić information content (AvgIpc) is 2.57. The van der Waals surface area contributed by atoms with Crippen molar-refractivity contribution < 1.29 is 16.8 Å². The minimum Gasteiger partial charge on any atom is -0.320 e. The van der Waals surface area contributed by atoms with Gasteiger partial charge >= 0.3 is 0 Å². The van der Waals surface area contributed by atoms with Crippen molar-refractivity contribution in [2.75, 3.05) is 38.7 Å². The van der Waals surface area contributed by atoms with E-state index in [0.29, 0.717) is 19.4 Å². The van der Waals surface area contributed by atoms with Crippen LogP contribution in [0, 0.1) is 0 Å². The fourth-order valence-electron chi connectivity index (χ4n) is 1.79. The van der Waals surface area contributed by atoms with Crippen molar-refractivity contribution in [3.05, 3.63) is 0 Å². The highest BCUT2D eigenvalue weighted by Crippen LogP contribution is 2.12. The van der Waals surface area contributed by atoms with Crippen LogP contribution in [0.1, 0.15) is 12.8 Å². The van der Waals surface area contributed by atoms with Gasteiger partial charge in [-0.05, 0) is 26.4 Å². The Kier molecular flexibility index (Phi) is 5.53. The zero-order chi connectivity index (χ0) is 13.8. The van der Waals surface area contributed by atoms with Crippen LogP contribution in [0.15, 0.2) is 0 Å². The lowest BCUT2D eigenvalue weighted by Gasteiger charge is -2.20. The van der Waals surface area contributed by atoms with E-state index in [2.05, 4.69) is 10.0 Å². The quantitative estimate of drug-likeness (QED) is 0.561. The normalized spacial score (nSPS) is 23.6. The Morgan fingerprint density at radius 3 is 2.56 bits per heavy atom. The van der Waals surface area contributed by atoms with Gasteiger partial charge in [-0.3, -0.25) is 0 Å². The topological polar surface area (TPSA) is 95.6 Å². The van der Waals surface area contributed by atoms with Gasteiger partial charge in [0, 0.05) is 19.6 Å². The van der Waals surface area contributed by atoms with Gasteiger partial charge in [-0.1, -0.05) is 0 Å². The molecule has 0 bridgehead atoms. The van der Waals surface area contributed by atoms with Crippen molar-refractivity contribution in [2.24, 2.45) is 0 Å². The van der Waals surface area contributed by atoms with Crippen LogP contribution in [0.3, 0.4) is 0 Å². The highest BCUT2D eigenvalue weighted by Gasteiger charge is 2.32. The summed E-state index contributed by atoms with van der Waals surface area (Å²) in [5.41, 5.74) is 0. The largest absolute Gasteiger partial charge is 0.320 e. The molecule has 0 aromatic carbocycles. The zero-order valence-corrected chi connectivity index (χ0v) is 12.3. The summed E-state index contributed by atoms with van der Waals surface area (Å²) in [5.74, 6) is -0.0414. The molecule has 0 aliphatic carbocycles. The highest BCUT2D eigenvalue weighted by atomic mass is 32.2. The van der Waals surface area contributed by atoms with Crippen molar-refractivity contribution in [1.82, 2.24) is 14.3 Å². The lowest BCUT2D eigenvalue weighted by molar-refractivity contribution is 0.441. The van der Waals surface area contributed by atoms with Gasteiger partial charge in [0.15, 0.2) is 9.84 Å². The molecule has 1 saturated heterocycles.